The van der Waals surface area contributed by atoms with Gasteiger partial charge < -0.3 is 0 Å². The van der Waals surface area contributed by atoms with Gasteiger partial charge in [0.1, 0.15) is 0 Å². The lowest BCUT2D eigenvalue weighted by Crippen LogP contribution is -2.44. The van der Waals surface area contributed by atoms with Crippen molar-refractivity contribution in [2.75, 3.05) is 12.3 Å². The molecule has 0 aliphatic carbocycles. The Morgan fingerprint density at radius 1 is 1.25 bits per heavy atom. The van der Waals surface area contributed by atoms with Crippen molar-refractivity contribution in [2.24, 2.45) is 0 Å². The van der Waals surface area contributed by atoms with Crippen LogP contribution in [0.25, 0.3) is 0 Å². The molecule has 7 heteroatoms. The van der Waals surface area contributed by atoms with Crippen LogP contribution in [0.2, 0.25) is 0 Å². The molecule has 2 unspecified atom stereocenters. The Morgan fingerprint density at radius 2 is 1.95 bits per heavy atom. The molecule has 2 atom stereocenters. The Labute approximate surface area is 119 Å². The van der Waals surface area contributed by atoms with Crippen LogP contribution in [0.3, 0.4) is 0 Å². The van der Waals surface area contributed by atoms with Crippen molar-refractivity contribution in [3.63, 3.8) is 0 Å². The van der Waals surface area contributed by atoms with E-state index < -0.39 is 31.2 Å². The largest absolute Gasteiger partial charge is 0.243 e. The van der Waals surface area contributed by atoms with E-state index in [4.69, 9.17) is 0 Å². The van der Waals surface area contributed by atoms with E-state index in [1.807, 2.05) is 13.0 Å². The summed E-state index contributed by atoms with van der Waals surface area (Å²) in [5.41, 5.74) is 1.58. The highest BCUT2D eigenvalue weighted by Crippen LogP contribution is 2.37. The predicted octanol–water partition coefficient (Wildman–Crippen LogP) is 0.863. The molecule has 0 radical (unpaired) electrons. The van der Waals surface area contributed by atoms with E-state index in [2.05, 4.69) is 0 Å². The average molecular weight is 315 g/mol. The van der Waals surface area contributed by atoms with E-state index in [1.54, 1.807) is 19.1 Å². The first-order chi connectivity index (χ1) is 9.22. The molecule has 0 amide bonds. The molecular formula is C13H17NO4S2. The van der Waals surface area contributed by atoms with Crippen molar-refractivity contribution in [2.45, 2.75) is 36.5 Å². The summed E-state index contributed by atoms with van der Waals surface area (Å²) in [6.45, 7) is 3.71. The van der Waals surface area contributed by atoms with Gasteiger partial charge in [0.05, 0.1) is 15.9 Å². The van der Waals surface area contributed by atoms with Crippen molar-refractivity contribution < 1.29 is 16.8 Å². The zero-order valence-electron chi connectivity index (χ0n) is 11.4. The number of sulfone groups is 1. The second kappa shape index (κ2) is 4.29. The zero-order chi connectivity index (χ0) is 14.7. The third kappa shape index (κ3) is 1.99. The summed E-state index contributed by atoms with van der Waals surface area (Å²) in [6, 6.07) is 4.92. The monoisotopic (exact) mass is 315 g/mol. The van der Waals surface area contributed by atoms with E-state index in [1.165, 1.54) is 4.31 Å². The van der Waals surface area contributed by atoms with Crippen LogP contribution in [0.5, 0.6) is 0 Å². The van der Waals surface area contributed by atoms with Crippen LogP contribution >= 0.6 is 0 Å². The average Bonchev–Trinajstić information content (AvgIpc) is 2.87. The Hall–Kier alpha value is -0.920. The first-order valence-electron chi connectivity index (χ1n) is 6.52. The molecule has 2 aliphatic heterocycles. The summed E-state index contributed by atoms with van der Waals surface area (Å²) in [7, 11) is -6.69. The maximum atomic E-state index is 12.7. The molecule has 0 spiro atoms. The maximum absolute atomic E-state index is 12.7. The highest BCUT2D eigenvalue weighted by atomic mass is 32.2. The zero-order valence-corrected chi connectivity index (χ0v) is 13.0. The number of sulfonamides is 1. The minimum Gasteiger partial charge on any atom is -0.228 e. The molecular weight excluding hydrogens is 298 g/mol. The van der Waals surface area contributed by atoms with Crippen LogP contribution in [-0.2, 0) is 19.9 Å². The van der Waals surface area contributed by atoms with Gasteiger partial charge in [-0.05, 0) is 37.5 Å². The molecule has 2 bridgehead atoms. The highest BCUT2D eigenvalue weighted by molar-refractivity contribution is 7.93. The SMILES string of the molecule is Cc1ccc(C)c(S(=O)(=O)N2CC3CC2CS3(=O)=O)c1. The lowest BCUT2D eigenvalue weighted by atomic mass is 10.2. The van der Waals surface area contributed by atoms with Gasteiger partial charge in [-0.2, -0.15) is 4.31 Å². The van der Waals surface area contributed by atoms with E-state index >= 15 is 0 Å². The Kier molecular flexibility index (Phi) is 3.01. The van der Waals surface area contributed by atoms with Gasteiger partial charge in [0, 0.05) is 12.6 Å². The first-order valence-corrected chi connectivity index (χ1v) is 9.68. The summed E-state index contributed by atoms with van der Waals surface area (Å²) >= 11 is 0. The Morgan fingerprint density at radius 3 is 2.50 bits per heavy atom. The Balaban J connectivity index is 2.01. The van der Waals surface area contributed by atoms with Crippen LogP contribution in [0, 0.1) is 13.8 Å². The number of hydrogen-bond acceptors (Lipinski definition) is 4. The summed E-state index contributed by atoms with van der Waals surface area (Å²) in [4.78, 5) is 0.294. The van der Waals surface area contributed by atoms with Gasteiger partial charge >= 0.3 is 0 Å². The third-order valence-corrected chi connectivity index (χ3v) is 8.46. The third-order valence-electron chi connectivity index (χ3n) is 4.19. The number of benzene rings is 1. The van der Waals surface area contributed by atoms with Crippen molar-refractivity contribution in [3.05, 3.63) is 29.3 Å². The van der Waals surface area contributed by atoms with Gasteiger partial charge in [-0.25, -0.2) is 16.8 Å². The first kappa shape index (κ1) is 14.0. The van der Waals surface area contributed by atoms with Crippen molar-refractivity contribution >= 4 is 19.9 Å². The highest BCUT2D eigenvalue weighted by Gasteiger charge is 2.52. The molecule has 20 heavy (non-hydrogen) atoms. The van der Waals surface area contributed by atoms with Gasteiger partial charge in [0.15, 0.2) is 9.84 Å². The standard InChI is InChI=1S/C13H17NO4S2/c1-9-3-4-10(2)13(5-9)20(17,18)14-7-12-6-11(14)8-19(12,15)16/h3-5,11-12H,6-8H2,1-2H3. The van der Waals surface area contributed by atoms with Crippen LogP contribution in [0.15, 0.2) is 23.1 Å². The van der Waals surface area contributed by atoms with E-state index in [-0.39, 0.29) is 12.3 Å². The normalized spacial score (nSPS) is 28.9. The lowest BCUT2D eigenvalue weighted by molar-refractivity contribution is 0.402. The fourth-order valence-corrected chi connectivity index (χ4v) is 7.27. The molecule has 2 heterocycles. The molecule has 0 saturated carbocycles. The minimum atomic E-state index is -3.60. The van der Waals surface area contributed by atoms with Gasteiger partial charge in [0.25, 0.3) is 0 Å². The smallest absolute Gasteiger partial charge is 0.228 e. The van der Waals surface area contributed by atoms with Crippen LogP contribution in [0.1, 0.15) is 17.5 Å². The molecule has 2 aliphatic rings. The second-order valence-corrected chi connectivity index (χ2v) is 9.87. The van der Waals surface area contributed by atoms with Gasteiger partial charge in [-0.15, -0.1) is 0 Å². The van der Waals surface area contributed by atoms with Gasteiger partial charge in [0.2, 0.25) is 10.0 Å². The fraction of sp³-hybridized carbons (Fsp3) is 0.538. The molecule has 110 valence electrons. The molecule has 2 saturated heterocycles. The van der Waals surface area contributed by atoms with E-state index in [9.17, 15) is 16.8 Å². The van der Waals surface area contributed by atoms with Crippen molar-refractivity contribution in [3.8, 4) is 0 Å². The van der Waals surface area contributed by atoms with Crippen molar-refractivity contribution in [1.29, 1.82) is 0 Å². The molecule has 0 N–H and O–H groups in total. The number of rotatable bonds is 2. The molecule has 0 aromatic heterocycles. The quantitative estimate of drug-likeness (QED) is 0.811. The van der Waals surface area contributed by atoms with E-state index in [0.717, 1.165) is 5.56 Å². The van der Waals surface area contributed by atoms with Gasteiger partial charge in [-0.3, -0.25) is 0 Å². The maximum Gasteiger partial charge on any atom is 0.243 e. The van der Waals surface area contributed by atoms with E-state index in [0.29, 0.717) is 16.9 Å². The number of hydrogen-bond donors (Lipinski definition) is 0. The topological polar surface area (TPSA) is 71.5 Å². The van der Waals surface area contributed by atoms with Crippen LogP contribution < -0.4 is 0 Å². The summed E-state index contributed by atoms with van der Waals surface area (Å²) in [6.07, 6.45) is 0.437. The fourth-order valence-electron chi connectivity index (χ4n) is 3.07. The molecule has 1 aromatic rings. The molecule has 2 fully saturated rings. The van der Waals surface area contributed by atoms with Gasteiger partial charge in [-0.1, -0.05) is 12.1 Å². The number of fused-ring (bicyclic) bond motifs is 2. The molecule has 1 aromatic carbocycles. The lowest BCUT2D eigenvalue weighted by Gasteiger charge is -2.26. The number of aryl methyl sites for hydroxylation is 2. The summed E-state index contributed by atoms with van der Waals surface area (Å²) in [5, 5.41) is -0.521. The number of nitrogens with zero attached hydrogens (tertiary/aromatic N) is 1. The molecule has 5 nitrogen and oxygen atoms in total. The Bertz CT molecular complexity index is 768. The van der Waals surface area contributed by atoms with Crippen molar-refractivity contribution in [1.82, 2.24) is 4.31 Å². The predicted molar refractivity (Wildman–Crippen MR) is 75.8 cm³/mol. The second-order valence-electron chi connectivity index (χ2n) is 5.68. The van der Waals surface area contributed by atoms with Crippen LogP contribution in [-0.4, -0.2) is 44.7 Å². The minimum absolute atomic E-state index is 0.0399. The summed E-state index contributed by atoms with van der Waals surface area (Å²) < 4.78 is 50.3. The molecule has 3 rings (SSSR count). The van der Waals surface area contributed by atoms with Crippen LogP contribution in [0.4, 0.5) is 0 Å². The summed E-state index contributed by atoms with van der Waals surface area (Å²) in [5.74, 6) is -0.0399.